The van der Waals surface area contributed by atoms with Crippen LogP contribution in [0.15, 0.2) is 30.3 Å². The summed E-state index contributed by atoms with van der Waals surface area (Å²) in [5.74, 6) is 0.423. The quantitative estimate of drug-likeness (QED) is 0.643. The molecule has 1 nitrogen and oxygen atoms in total. The first-order valence-corrected chi connectivity index (χ1v) is 6.02. The molecule has 1 atom stereocenters. The third kappa shape index (κ3) is 1.27. The number of allylic oxidation sites excluding steroid dienone is 2. The third-order valence-corrected chi connectivity index (χ3v) is 3.97. The van der Waals surface area contributed by atoms with Crippen LogP contribution in [0.3, 0.4) is 0 Å². The smallest absolute Gasteiger partial charge is 0.134 e. The molecule has 1 saturated carbocycles. The maximum absolute atomic E-state index is 11.7. The van der Waals surface area contributed by atoms with Crippen molar-refractivity contribution in [3.63, 3.8) is 0 Å². The number of ketones is 1. The second kappa shape index (κ2) is 3.31. The minimum absolute atomic E-state index is 0.0377. The molecule has 16 heavy (non-hydrogen) atoms. The molecule has 0 heterocycles. The Morgan fingerprint density at radius 2 is 2.06 bits per heavy atom. The molecular formula is C15H16O. The highest BCUT2D eigenvalue weighted by atomic mass is 16.1. The van der Waals surface area contributed by atoms with Gasteiger partial charge in [-0.2, -0.15) is 0 Å². The molecule has 0 amide bonds. The van der Waals surface area contributed by atoms with Crippen LogP contribution < -0.4 is 0 Å². The average molecular weight is 212 g/mol. The number of hydrogen-bond acceptors (Lipinski definition) is 1. The van der Waals surface area contributed by atoms with Crippen molar-refractivity contribution in [3.8, 4) is 0 Å². The van der Waals surface area contributed by atoms with Gasteiger partial charge in [0, 0.05) is 18.3 Å². The lowest BCUT2D eigenvalue weighted by Gasteiger charge is -2.32. The molecule has 0 bridgehead atoms. The zero-order chi connectivity index (χ0) is 11.2. The van der Waals surface area contributed by atoms with Crippen LogP contribution in [0, 0.1) is 0 Å². The molecule has 1 aromatic rings. The van der Waals surface area contributed by atoms with Crippen molar-refractivity contribution < 1.29 is 4.79 Å². The van der Waals surface area contributed by atoms with Crippen LogP contribution in [0.4, 0.5) is 0 Å². The standard InChI is InChI=1S/C15H16O/c1-11-9-15(8-4-5-12(16)10-15)14-7-3-2-6-13(11)14/h2-3,6-7,9H,4-5,8,10H2,1H3. The summed E-state index contributed by atoms with van der Waals surface area (Å²) in [6, 6.07) is 8.54. The SMILES string of the molecule is CC1=CC2(CCCC(=O)C2)c2ccccc21. The van der Waals surface area contributed by atoms with E-state index in [0.29, 0.717) is 12.2 Å². The fourth-order valence-corrected chi connectivity index (χ4v) is 3.31. The third-order valence-electron chi connectivity index (χ3n) is 3.97. The molecule has 0 radical (unpaired) electrons. The molecule has 1 aromatic carbocycles. The van der Waals surface area contributed by atoms with Crippen LogP contribution in [0.2, 0.25) is 0 Å². The van der Waals surface area contributed by atoms with Gasteiger partial charge in [-0.25, -0.2) is 0 Å². The van der Waals surface area contributed by atoms with Crippen molar-refractivity contribution in [3.05, 3.63) is 41.5 Å². The van der Waals surface area contributed by atoms with Crippen molar-refractivity contribution in [2.75, 3.05) is 0 Å². The van der Waals surface area contributed by atoms with Crippen LogP contribution in [0.5, 0.6) is 0 Å². The fraction of sp³-hybridized carbons (Fsp3) is 0.400. The van der Waals surface area contributed by atoms with E-state index in [9.17, 15) is 4.79 Å². The van der Waals surface area contributed by atoms with E-state index in [0.717, 1.165) is 19.3 Å². The van der Waals surface area contributed by atoms with Crippen LogP contribution in [-0.4, -0.2) is 5.78 Å². The van der Waals surface area contributed by atoms with Gasteiger partial charge in [-0.3, -0.25) is 4.79 Å². The van der Waals surface area contributed by atoms with Gasteiger partial charge in [0.1, 0.15) is 5.78 Å². The molecule has 0 aromatic heterocycles. The van der Waals surface area contributed by atoms with Crippen LogP contribution in [0.25, 0.3) is 5.57 Å². The van der Waals surface area contributed by atoms with Gasteiger partial charge in [-0.1, -0.05) is 30.3 Å². The number of rotatable bonds is 0. The summed E-state index contributed by atoms with van der Waals surface area (Å²) in [5.41, 5.74) is 4.10. The molecule has 0 N–H and O–H groups in total. The second-order valence-electron chi connectivity index (χ2n) is 5.10. The zero-order valence-electron chi connectivity index (χ0n) is 9.62. The summed E-state index contributed by atoms with van der Waals surface area (Å²) in [6.07, 6.45) is 5.98. The molecule has 82 valence electrons. The Kier molecular flexibility index (Phi) is 2.03. The molecule has 0 aliphatic heterocycles. The Morgan fingerprint density at radius 1 is 1.25 bits per heavy atom. The molecule has 1 spiro atoms. The summed E-state index contributed by atoms with van der Waals surface area (Å²) < 4.78 is 0. The lowest BCUT2D eigenvalue weighted by molar-refractivity contribution is -0.121. The van der Waals surface area contributed by atoms with E-state index in [1.807, 2.05) is 0 Å². The predicted molar refractivity (Wildman–Crippen MR) is 65.2 cm³/mol. The van der Waals surface area contributed by atoms with Crippen molar-refractivity contribution in [1.82, 2.24) is 0 Å². The number of fused-ring (bicyclic) bond motifs is 2. The number of Topliss-reactive ketones (excluding diaryl/α,β-unsaturated/α-hetero) is 1. The lowest BCUT2D eigenvalue weighted by Crippen LogP contribution is -2.29. The monoisotopic (exact) mass is 212 g/mol. The summed E-state index contributed by atoms with van der Waals surface area (Å²) in [4.78, 5) is 11.7. The van der Waals surface area contributed by atoms with E-state index >= 15 is 0 Å². The predicted octanol–water partition coefficient (Wildman–Crippen LogP) is 3.48. The first-order chi connectivity index (χ1) is 7.71. The Morgan fingerprint density at radius 3 is 2.88 bits per heavy atom. The Balaban J connectivity index is 2.13. The highest BCUT2D eigenvalue weighted by molar-refractivity contribution is 5.85. The van der Waals surface area contributed by atoms with Gasteiger partial charge in [0.05, 0.1) is 0 Å². The highest BCUT2D eigenvalue weighted by Gasteiger charge is 2.40. The van der Waals surface area contributed by atoms with Gasteiger partial charge in [0.2, 0.25) is 0 Å². The van der Waals surface area contributed by atoms with Crippen LogP contribution in [-0.2, 0) is 10.2 Å². The van der Waals surface area contributed by atoms with Crippen LogP contribution in [0.1, 0.15) is 43.7 Å². The van der Waals surface area contributed by atoms with Crippen molar-refractivity contribution >= 4 is 11.4 Å². The molecule has 2 aliphatic rings. The van der Waals surface area contributed by atoms with E-state index < -0.39 is 0 Å². The van der Waals surface area contributed by atoms with Gasteiger partial charge in [0.15, 0.2) is 0 Å². The largest absolute Gasteiger partial charge is 0.300 e. The minimum Gasteiger partial charge on any atom is -0.300 e. The number of carbonyl (C=O) groups is 1. The summed E-state index contributed by atoms with van der Waals surface area (Å²) in [7, 11) is 0. The Bertz CT molecular complexity index is 484. The molecule has 1 heteroatoms. The maximum Gasteiger partial charge on any atom is 0.134 e. The minimum atomic E-state index is 0.0377. The average Bonchev–Trinajstić information content (AvgIpc) is 2.53. The van der Waals surface area contributed by atoms with Gasteiger partial charge in [0.25, 0.3) is 0 Å². The van der Waals surface area contributed by atoms with Gasteiger partial charge in [-0.05, 0) is 36.5 Å². The number of carbonyl (C=O) groups excluding carboxylic acids is 1. The Labute approximate surface area is 96.2 Å². The highest BCUT2D eigenvalue weighted by Crippen LogP contribution is 2.48. The maximum atomic E-state index is 11.7. The van der Waals surface area contributed by atoms with E-state index in [-0.39, 0.29) is 5.41 Å². The fourth-order valence-electron chi connectivity index (χ4n) is 3.31. The van der Waals surface area contributed by atoms with Crippen molar-refractivity contribution in [2.24, 2.45) is 0 Å². The molecular weight excluding hydrogens is 196 g/mol. The zero-order valence-corrected chi connectivity index (χ0v) is 9.62. The molecule has 1 unspecified atom stereocenters. The molecule has 3 rings (SSSR count). The van der Waals surface area contributed by atoms with E-state index in [4.69, 9.17) is 0 Å². The first kappa shape index (κ1) is 9.83. The first-order valence-electron chi connectivity index (χ1n) is 6.02. The number of hydrogen-bond donors (Lipinski definition) is 0. The van der Waals surface area contributed by atoms with Gasteiger partial charge in [-0.15, -0.1) is 0 Å². The molecule has 0 saturated heterocycles. The van der Waals surface area contributed by atoms with Crippen molar-refractivity contribution in [2.45, 2.75) is 38.0 Å². The second-order valence-corrected chi connectivity index (χ2v) is 5.10. The van der Waals surface area contributed by atoms with E-state index in [2.05, 4.69) is 37.3 Å². The van der Waals surface area contributed by atoms with E-state index in [1.165, 1.54) is 16.7 Å². The summed E-state index contributed by atoms with van der Waals surface area (Å²) in [6.45, 7) is 2.16. The summed E-state index contributed by atoms with van der Waals surface area (Å²) >= 11 is 0. The number of benzene rings is 1. The van der Waals surface area contributed by atoms with Crippen molar-refractivity contribution in [1.29, 1.82) is 0 Å². The Hall–Kier alpha value is -1.37. The molecule has 1 fully saturated rings. The van der Waals surface area contributed by atoms with Gasteiger partial charge < -0.3 is 0 Å². The van der Waals surface area contributed by atoms with Crippen LogP contribution >= 0.6 is 0 Å². The lowest BCUT2D eigenvalue weighted by atomic mass is 9.70. The van der Waals surface area contributed by atoms with E-state index in [1.54, 1.807) is 0 Å². The topological polar surface area (TPSA) is 17.1 Å². The summed E-state index contributed by atoms with van der Waals surface area (Å²) in [5, 5.41) is 0. The normalized spacial score (nSPS) is 28.1. The van der Waals surface area contributed by atoms with Gasteiger partial charge >= 0.3 is 0 Å². The molecule has 2 aliphatic carbocycles.